The van der Waals surface area contributed by atoms with Crippen LogP contribution in [0.25, 0.3) is 33.1 Å². The molecule has 0 saturated carbocycles. The summed E-state index contributed by atoms with van der Waals surface area (Å²) in [7, 11) is -1.30. The van der Waals surface area contributed by atoms with Crippen LogP contribution in [0, 0.1) is 0 Å². The zero-order valence-corrected chi connectivity index (χ0v) is 22.1. The van der Waals surface area contributed by atoms with Gasteiger partial charge in [0.25, 0.3) is 0 Å². The van der Waals surface area contributed by atoms with Crippen LogP contribution in [0.5, 0.6) is 5.75 Å². The third-order valence-electron chi connectivity index (χ3n) is 5.89. The summed E-state index contributed by atoms with van der Waals surface area (Å²) in [5.74, 6) is 0.825. The van der Waals surface area contributed by atoms with E-state index in [-0.39, 0.29) is 6.09 Å². The monoisotopic (exact) mass is 542 g/mol. The van der Waals surface area contributed by atoms with Crippen LogP contribution in [-0.4, -0.2) is 36.9 Å². The highest BCUT2D eigenvalue weighted by Gasteiger charge is 2.26. The van der Waals surface area contributed by atoms with Crippen LogP contribution in [0.15, 0.2) is 47.1 Å². The molecule has 1 aliphatic heterocycles. The molecular weight excluding hydrogens is 520 g/mol. The molecule has 2 aromatic carbocycles. The standard InChI is InChI=1S/C25H24BrClN2O3Si/c1-33(2,3)11-10-32-25(30)29-14-20(18-12-15(26)4-7-22(18)29)23-17-8-9-31-24(17)19-13-16(27)5-6-21(19)28-23/h4-7,12-14H,8-11H2,1-3H3. The lowest BCUT2D eigenvalue weighted by atomic mass is 10.0. The largest absolute Gasteiger partial charge is 0.492 e. The van der Waals surface area contributed by atoms with Crippen molar-refractivity contribution < 1.29 is 14.3 Å². The Morgan fingerprint density at radius 1 is 1.21 bits per heavy atom. The van der Waals surface area contributed by atoms with Crippen molar-refractivity contribution in [3.8, 4) is 17.0 Å². The number of halogens is 2. The molecule has 5 nitrogen and oxygen atoms in total. The Labute approximate surface area is 206 Å². The van der Waals surface area contributed by atoms with E-state index in [2.05, 4.69) is 35.6 Å². The molecule has 0 N–H and O–H groups in total. The van der Waals surface area contributed by atoms with Crippen molar-refractivity contribution in [3.05, 3.63) is 57.7 Å². The molecule has 0 aliphatic carbocycles. The van der Waals surface area contributed by atoms with Gasteiger partial charge >= 0.3 is 6.09 Å². The number of pyridine rings is 1. The summed E-state index contributed by atoms with van der Waals surface area (Å²) in [4.78, 5) is 18.0. The molecule has 2 aromatic heterocycles. The third kappa shape index (κ3) is 4.29. The van der Waals surface area contributed by atoms with E-state index < -0.39 is 8.07 Å². The molecule has 8 heteroatoms. The van der Waals surface area contributed by atoms with Crippen LogP contribution in [-0.2, 0) is 11.2 Å². The average molecular weight is 544 g/mol. The summed E-state index contributed by atoms with van der Waals surface area (Å²) in [6.45, 7) is 7.82. The van der Waals surface area contributed by atoms with E-state index in [0.29, 0.717) is 18.2 Å². The summed E-state index contributed by atoms with van der Waals surface area (Å²) in [5, 5.41) is 2.49. The fourth-order valence-electron chi connectivity index (χ4n) is 4.18. The van der Waals surface area contributed by atoms with Gasteiger partial charge in [-0.25, -0.2) is 9.78 Å². The van der Waals surface area contributed by atoms with Gasteiger partial charge in [0.1, 0.15) is 5.75 Å². The van der Waals surface area contributed by atoms with Gasteiger partial charge in [-0.15, -0.1) is 0 Å². The molecule has 0 bridgehead atoms. The Hall–Kier alpha value is -2.35. The molecule has 0 unspecified atom stereocenters. The fourth-order valence-corrected chi connectivity index (χ4v) is 5.42. The summed E-state index contributed by atoms with van der Waals surface area (Å²) in [6, 6.07) is 12.4. The minimum absolute atomic E-state index is 0.368. The van der Waals surface area contributed by atoms with E-state index in [1.54, 1.807) is 4.57 Å². The average Bonchev–Trinajstić information content (AvgIpc) is 3.37. The number of carbonyl (C=O) groups is 1. The zero-order chi connectivity index (χ0) is 23.3. The van der Waals surface area contributed by atoms with Crippen molar-refractivity contribution in [3.63, 3.8) is 0 Å². The van der Waals surface area contributed by atoms with Crippen LogP contribution in [0.2, 0.25) is 30.7 Å². The minimum Gasteiger partial charge on any atom is -0.492 e. The Balaban J connectivity index is 1.65. The van der Waals surface area contributed by atoms with E-state index in [4.69, 9.17) is 26.1 Å². The molecule has 5 rings (SSSR count). The highest BCUT2D eigenvalue weighted by Crippen LogP contribution is 2.42. The topological polar surface area (TPSA) is 53.4 Å². The number of ether oxygens (including phenoxy) is 2. The van der Waals surface area contributed by atoms with Crippen LogP contribution >= 0.6 is 27.5 Å². The number of fused-ring (bicyclic) bond motifs is 4. The highest BCUT2D eigenvalue weighted by molar-refractivity contribution is 9.10. The van der Waals surface area contributed by atoms with E-state index in [1.165, 1.54) is 0 Å². The third-order valence-corrected chi connectivity index (χ3v) is 8.32. The molecule has 0 spiro atoms. The van der Waals surface area contributed by atoms with Gasteiger partial charge in [0.2, 0.25) is 0 Å². The van der Waals surface area contributed by atoms with Crippen LogP contribution in [0.1, 0.15) is 5.56 Å². The number of benzene rings is 2. The van der Waals surface area contributed by atoms with Crippen LogP contribution in [0.3, 0.4) is 0 Å². The first-order chi connectivity index (χ1) is 15.7. The maximum Gasteiger partial charge on any atom is 0.418 e. The first-order valence-corrected chi connectivity index (χ1v) is 15.8. The quantitative estimate of drug-likeness (QED) is 0.250. The molecule has 4 aromatic rings. The van der Waals surface area contributed by atoms with E-state index >= 15 is 0 Å². The van der Waals surface area contributed by atoms with Crippen molar-refractivity contribution in [1.82, 2.24) is 9.55 Å². The molecule has 0 saturated heterocycles. The van der Waals surface area contributed by atoms with Gasteiger partial charge in [-0.3, -0.25) is 4.57 Å². The van der Waals surface area contributed by atoms with Crippen LogP contribution < -0.4 is 4.74 Å². The normalized spacial score (nSPS) is 13.4. The summed E-state index contributed by atoms with van der Waals surface area (Å²) in [6.07, 6.45) is 2.23. The van der Waals surface area contributed by atoms with Crippen LogP contribution in [0.4, 0.5) is 4.79 Å². The van der Waals surface area contributed by atoms with E-state index in [9.17, 15) is 4.79 Å². The predicted octanol–water partition coefficient (Wildman–Crippen LogP) is 7.53. The molecular formula is C25H24BrClN2O3Si. The van der Waals surface area contributed by atoms with E-state index in [1.807, 2.05) is 42.6 Å². The Morgan fingerprint density at radius 3 is 2.82 bits per heavy atom. The van der Waals surface area contributed by atoms with Crippen molar-refractivity contribution >= 4 is 63.5 Å². The summed E-state index contributed by atoms with van der Waals surface area (Å²) < 4.78 is 14.2. The van der Waals surface area contributed by atoms with E-state index in [0.717, 1.165) is 61.3 Å². The number of hydrogen-bond acceptors (Lipinski definition) is 4. The molecule has 3 heterocycles. The van der Waals surface area contributed by atoms with Crippen molar-refractivity contribution in [2.75, 3.05) is 13.2 Å². The van der Waals surface area contributed by atoms with Gasteiger partial charge in [0, 0.05) is 52.1 Å². The highest BCUT2D eigenvalue weighted by atomic mass is 79.9. The predicted molar refractivity (Wildman–Crippen MR) is 139 cm³/mol. The second kappa shape index (κ2) is 8.45. The Bertz CT molecular complexity index is 1410. The van der Waals surface area contributed by atoms with Gasteiger partial charge in [-0.2, -0.15) is 0 Å². The molecule has 33 heavy (non-hydrogen) atoms. The molecule has 170 valence electrons. The van der Waals surface area contributed by atoms with Gasteiger partial charge < -0.3 is 9.47 Å². The second-order valence-electron chi connectivity index (χ2n) is 9.53. The second-order valence-corrected chi connectivity index (χ2v) is 16.5. The number of rotatable bonds is 4. The molecule has 1 aliphatic rings. The number of carbonyl (C=O) groups excluding carboxylic acids is 1. The fraction of sp³-hybridized carbons (Fsp3) is 0.280. The zero-order valence-electron chi connectivity index (χ0n) is 18.7. The number of nitrogens with zero attached hydrogens (tertiary/aromatic N) is 2. The van der Waals surface area contributed by atoms with Gasteiger partial charge in [-0.1, -0.05) is 47.2 Å². The van der Waals surface area contributed by atoms with Crippen molar-refractivity contribution in [2.24, 2.45) is 0 Å². The SMILES string of the molecule is C[Si](C)(C)CCOC(=O)n1cc(-c2nc3ccc(Cl)cc3c3c2CCO3)c2cc(Br)ccc21. The number of aromatic nitrogens is 2. The molecule has 0 amide bonds. The van der Waals surface area contributed by atoms with Crippen molar-refractivity contribution in [2.45, 2.75) is 32.1 Å². The van der Waals surface area contributed by atoms with Gasteiger partial charge in [0.15, 0.2) is 0 Å². The molecule has 0 radical (unpaired) electrons. The Kier molecular flexibility index (Phi) is 5.75. The molecule has 0 atom stereocenters. The summed E-state index contributed by atoms with van der Waals surface area (Å²) >= 11 is 9.82. The first kappa shape index (κ1) is 22.4. The van der Waals surface area contributed by atoms with Crippen molar-refractivity contribution in [1.29, 1.82) is 0 Å². The molecule has 0 fully saturated rings. The maximum atomic E-state index is 13.0. The number of hydrogen-bond donors (Lipinski definition) is 0. The Morgan fingerprint density at radius 2 is 2.03 bits per heavy atom. The first-order valence-electron chi connectivity index (χ1n) is 10.9. The van der Waals surface area contributed by atoms with Gasteiger partial charge in [-0.05, 0) is 42.4 Å². The maximum absolute atomic E-state index is 13.0. The lowest BCUT2D eigenvalue weighted by Gasteiger charge is -2.15. The summed E-state index contributed by atoms with van der Waals surface area (Å²) in [5.41, 5.74) is 4.34. The smallest absolute Gasteiger partial charge is 0.418 e. The lowest BCUT2D eigenvalue weighted by molar-refractivity contribution is 0.154. The minimum atomic E-state index is -1.30. The lowest BCUT2D eigenvalue weighted by Crippen LogP contribution is -2.23. The van der Waals surface area contributed by atoms with Gasteiger partial charge in [0.05, 0.1) is 29.9 Å².